The Morgan fingerprint density at radius 3 is 2.56 bits per heavy atom. The molecular weight excluding hydrogens is 437 g/mol. The van der Waals surface area contributed by atoms with E-state index in [1.807, 2.05) is 0 Å². The first-order valence-electron chi connectivity index (χ1n) is 11.7. The zero-order valence-corrected chi connectivity index (χ0v) is 18.7. The number of aromatic nitrogens is 4. The summed E-state index contributed by atoms with van der Waals surface area (Å²) < 4.78 is 18.1. The molecule has 0 bridgehead atoms. The van der Waals surface area contributed by atoms with E-state index in [-0.39, 0.29) is 42.8 Å². The number of para-hydroxylation sites is 1. The van der Waals surface area contributed by atoms with Crippen LogP contribution in [-0.4, -0.2) is 30.7 Å². The maximum atomic E-state index is 14.2. The summed E-state index contributed by atoms with van der Waals surface area (Å²) >= 11 is 0. The van der Waals surface area contributed by atoms with E-state index in [9.17, 15) is 18.8 Å². The average Bonchev–Trinajstić information content (AvgIpc) is 3.17. The van der Waals surface area contributed by atoms with Crippen molar-refractivity contribution in [2.24, 2.45) is 0 Å². The second-order valence-corrected chi connectivity index (χ2v) is 8.79. The smallest absolute Gasteiger partial charge is 0.352 e. The summed E-state index contributed by atoms with van der Waals surface area (Å²) in [7, 11) is 0. The molecule has 4 aromatic rings. The largest absolute Gasteiger partial charge is 0.353 e. The van der Waals surface area contributed by atoms with Crippen molar-refractivity contribution in [3.63, 3.8) is 0 Å². The number of aryl methyl sites for hydroxylation is 1. The Bertz CT molecular complexity index is 1480. The molecule has 1 N–H and O–H groups in total. The Kier molecular flexibility index (Phi) is 6.00. The van der Waals surface area contributed by atoms with E-state index in [4.69, 9.17) is 0 Å². The lowest BCUT2D eigenvalue weighted by Crippen LogP contribution is -2.37. The highest BCUT2D eigenvalue weighted by Gasteiger charge is 2.20. The Morgan fingerprint density at radius 2 is 1.76 bits per heavy atom. The van der Waals surface area contributed by atoms with Gasteiger partial charge >= 0.3 is 5.69 Å². The first-order valence-corrected chi connectivity index (χ1v) is 11.7. The van der Waals surface area contributed by atoms with Crippen molar-refractivity contribution in [2.75, 3.05) is 0 Å². The molecule has 2 aromatic heterocycles. The molecule has 2 aromatic carbocycles. The minimum absolute atomic E-state index is 0.0716. The Balaban J connectivity index is 1.53. The minimum atomic E-state index is -0.477. The number of hydrogen-bond acceptors (Lipinski definition) is 4. The minimum Gasteiger partial charge on any atom is -0.353 e. The number of carbonyl (C=O) groups excluding carboxylic acids is 1. The topological polar surface area (TPSA) is 90.4 Å². The zero-order valence-electron chi connectivity index (χ0n) is 18.7. The van der Waals surface area contributed by atoms with Crippen molar-refractivity contribution in [1.29, 1.82) is 0 Å². The SMILES string of the molecule is O=C(CCn1c(=O)c2ccccc2n2c(=O)n(Cc3ccccc3F)nc12)NC1CCCCC1. The lowest BCUT2D eigenvalue weighted by Gasteiger charge is -2.22. The molecule has 1 aliphatic carbocycles. The maximum Gasteiger partial charge on any atom is 0.352 e. The first kappa shape index (κ1) is 22.1. The summed E-state index contributed by atoms with van der Waals surface area (Å²) in [5.41, 5.74) is -0.0558. The third-order valence-electron chi connectivity index (χ3n) is 6.49. The van der Waals surface area contributed by atoms with Crippen LogP contribution in [0, 0.1) is 5.82 Å². The van der Waals surface area contributed by atoms with E-state index in [0.717, 1.165) is 30.4 Å². The molecule has 9 heteroatoms. The Hall–Kier alpha value is -3.75. The molecule has 0 atom stereocenters. The van der Waals surface area contributed by atoms with Crippen LogP contribution in [0.1, 0.15) is 44.1 Å². The van der Waals surface area contributed by atoms with Crippen LogP contribution in [0.15, 0.2) is 58.1 Å². The molecule has 0 aliphatic heterocycles. The highest BCUT2D eigenvalue weighted by Crippen LogP contribution is 2.17. The van der Waals surface area contributed by atoms with Gasteiger partial charge in [0, 0.05) is 24.6 Å². The van der Waals surface area contributed by atoms with Gasteiger partial charge in [-0.25, -0.2) is 18.3 Å². The van der Waals surface area contributed by atoms with Gasteiger partial charge in [0.05, 0.1) is 17.4 Å². The molecular formula is C25H26FN5O3. The quantitative estimate of drug-likeness (QED) is 0.476. The molecule has 1 fully saturated rings. The van der Waals surface area contributed by atoms with Crippen LogP contribution in [0.3, 0.4) is 0 Å². The fourth-order valence-electron chi connectivity index (χ4n) is 4.72. The molecule has 8 nitrogen and oxygen atoms in total. The Labute approximate surface area is 194 Å². The van der Waals surface area contributed by atoms with E-state index in [0.29, 0.717) is 16.5 Å². The van der Waals surface area contributed by atoms with Crippen LogP contribution < -0.4 is 16.6 Å². The monoisotopic (exact) mass is 463 g/mol. The lowest BCUT2D eigenvalue weighted by atomic mass is 9.95. The van der Waals surface area contributed by atoms with Crippen molar-refractivity contribution in [3.8, 4) is 0 Å². The highest BCUT2D eigenvalue weighted by atomic mass is 19.1. The normalized spacial score (nSPS) is 14.6. The summed E-state index contributed by atoms with van der Waals surface area (Å²) in [5.74, 6) is -0.429. The predicted octanol–water partition coefficient (Wildman–Crippen LogP) is 2.84. The van der Waals surface area contributed by atoms with E-state index in [1.165, 1.54) is 21.5 Å². The third-order valence-corrected chi connectivity index (χ3v) is 6.49. The predicted molar refractivity (Wildman–Crippen MR) is 126 cm³/mol. The van der Waals surface area contributed by atoms with Gasteiger partial charge in [0.25, 0.3) is 5.56 Å². The van der Waals surface area contributed by atoms with Crippen molar-refractivity contribution >= 4 is 22.6 Å². The van der Waals surface area contributed by atoms with Crippen LogP contribution in [0.4, 0.5) is 4.39 Å². The molecule has 1 aliphatic rings. The zero-order chi connectivity index (χ0) is 23.7. The number of nitrogens with one attached hydrogen (secondary N) is 1. The maximum absolute atomic E-state index is 14.2. The molecule has 5 rings (SSSR count). The third kappa shape index (κ3) is 4.13. The van der Waals surface area contributed by atoms with Crippen LogP contribution >= 0.6 is 0 Å². The van der Waals surface area contributed by atoms with Gasteiger partial charge in [0.15, 0.2) is 0 Å². The van der Waals surface area contributed by atoms with E-state index in [2.05, 4.69) is 10.4 Å². The molecule has 1 saturated carbocycles. The molecule has 1 amide bonds. The number of fused-ring (bicyclic) bond motifs is 3. The summed E-state index contributed by atoms with van der Waals surface area (Å²) in [5, 5.41) is 7.80. The summed E-state index contributed by atoms with van der Waals surface area (Å²) in [6.07, 6.45) is 5.46. The van der Waals surface area contributed by atoms with Gasteiger partial charge in [-0.05, 0) is 31.0 Å². The number of rotatable bonds is 6. The van der Waals surface area contributed by atoms with Gasteiger partial charge in [-0.1, -0.05) is 49.6 Å². The van der Waals surface area contributed by atoms with Crippen molar-refractivity contribution in [3.05, 3.63) is 80.7 Å². The second kappa shape index (κ2) is 9.24. The van der Waals surface area contributed by atoms with E-state index < -0.39 is 11.5 Å². The summed E-state index contributed by atoms with van der Waals surface area (Å²) in [6, 6.07) is 13.2. The molecule has 0 unspecified atom stereocenters. The average molecular weight is 464 g/mol. The van der Waals surface area contributed by atoms with Gasteiger partial charge in [0.1, 0.15) is 5.82 Å². The summed E-state index contributed by atoms with van der Waals surface area (Å²) in [4.78, 5) is 39.1. The number of carbonyl (C=O) groups is 1. The fraction of sp³-hybridized carbons (Fsp3) is 0.360. The van der Waals surface area contributed by atoms with Crippen molar-refractivity contribution in [1.82, 2.24) is 24.1 Å². The molecule has 176 valence electrons. The molecule has 34 heavy (non-hydrogen) atoms. The molecule has 0 spiro atoms. The van der Waals surface area contributed by atoms with Gasteiger partial charge in [-0.15, -0.1) is 5.10 Å². The Morgan fingerprint density at radius 1 is 1.03 bits per heavy atom. The summed E-state index contributed by atoms with van der Waals surface area (Å²) in [6.45, 7) is 0.0136. The van der Waals surface area contributed by atoms with E-state index in [1.54, 1.807) is 42.5 Å². The van der Waals surface area contributed by atoms with Gasteiger partial charge < -0.3 is 5.32 Å². The van der Waals surface area contributed by atoms with Gasteiger partial charge in [-0.2, -0.15) is 0 Å². The highest BCUT2D eigenvalue weighted by molar-refractivity contribution is 5.80. The van der Waals surface area contributed by atoms with Crippen LogP contribution in [0.5, 0.6) is 0 Å². The van der Waals surface area contributed by atoms with Crippen molar-refractivity contribution in [2.45, 2.75) is 57.7 Å². The van der Waals surface area contributed by atoms with Crippen molar-refractivity contribution < 1.29 is 9.18 Å². The first-order chi connectivity index (χ1) is 16.5. The fourth-order valence-corrected chi connectivity index (χ4v) is 4.72. The molecule has 0 radical (unpaired) electrons. The number of benzene rings is 2. The lowest BCUT2D eigenvalue weighted by molar-refractivity contribution is -0.122. The number of amides is 1. The standard InChI is InChI=1S/C25H26FN5O3/c26-20-12-6-4-8-17(20)16-30-25(34)31-21-13-7-5-11-19(21)23(33)29(24(31)28-30)15-14-22(32)27-18-9-2-1-3-10-18/h4-8,11-13,18H,1-3,9-10,14-16H2,(H,27,32). The van der Waals surface area contributed by atoms with Crippen LogP contribution in [0.25, 0.3) is 16.7 Å². The number of hydrogen-bond donors (Lipinski definition) is 1. The van der Waals surface area contributed by atoms with E-state index >= 15 is 0 Å². The molecule has 2 heterocycles. The van der Waals surface area contributed by atoms with Gasteiger partial charge in [-0.3, -0.25) is 14.2 Å². The second-order valence-electron chi connectivity index (χ2n) is 8.79. The molecule has 0 saturated heterocycles. The number of nitrogens with zero attached hydrogens (tertiary/aromatic N) is 4. The van der Waals surface area contributed by atoms with Gasteiger partial charge in [0.2, 0.25) is 11.7 Å². The van der Waals surface area contributed by atoms with Crippen LogP contribution in [0.2, 0.25) is 0 Å². The number of halogens is 1. The van der Waals surface area contributed by atoms with Crippen LogP contribution in [-0.2, 0) is 17.9 Å².